The van der Waals surface area contributed by atoms with E-state index in [1.54, 1.807) is 12.4 Å². The first kappa shape index (κ1) is 18.2. The maximum absolute atomic E-state index is 8.90. The van der Waals surface area contributed by atoms with Gasteiger partial charge in [-0.05, 0) is 25.2 Å². The number of nitrogens with zero attached hydrogens (tertiary/aromatic N) is 4. The average molecular weight is 371 g/mol. The van der Waals surface area contributed by atoms with Crippen LogP contribution in [0.15, 0.2) is 48.1 Å². The largest absolute Gasteiger partial charge is 0.492 e. The minimum Gasteiger partial charge on any atom is -0.492 e. The van der Waals surface area contributed by atoms with Crippen molar-refractivity contribution in [3.63, 3.8) is 0 Å². The maximum Gasteiger partial charge on any atom is 0.227 e. The minimum atomic E-state index is 0.149. The lowest BCUT2D eigenvalue weighted by molar-refractivity contribution is 0.192. The Kier molecular flexibility index (Phi) is 6.48. The number of rotatable bonds is 9. The Morgan fingerprint density at radius 3 is 2.92 bits per heavy atom. The van der Waals surface area contributed by atoms with Crippen LogP contribution in [0.25, 0.3) is 10.7 Å². The van der Waals surface area contributed by atoms with E-state index in [1.165, 1.54) is 11.3 Å². The van der Waals surface area contributed by atoms with Crippen LogP contribution in [-0.4, -0.2) is 58.3 Å². The highest BCUT2D eigenvalue weighted by Gasteiger charge is 2.06. The minimum absolute atomic E-state index is 0.149. The summed E-state index contributed by atoms with van der Waals surface area (Å²) in [6, 6.07) is 9.51. The van der Waals surface area contributed by atoms with Gasteiger partial charge >= 0.3 is 0 Å². The molecule has 0 amide bonds. The van der Waals surface area contributed by atoms with Crippen LogP contribution in [0.3, 0.4) is 0 Å². The van der Waals surface area contributed by atoms with E-state index in [4.69, 9.17) is 9.84 Å². The molecule has 0 radical (unpaired) electrons. The number of ether oxygens (including phenoxy) is 1. The number of nitrogens with one attached hydrogen (secondary N) is 1. The van der Waals surface area contributed by atoms with Gasteiger partial charge in [0.1, 0.15) is 23.1 Å². The topological polar surface area (TPSA) is 83.4 Å². The molecular formula is C18H21N5O2S. The molecule has 3 aromatic rings. The number of likely N-dealkylation sites (N-methyl/N-ethyl adjacent to an activating group) is 1. The van der Waals surface area contributed by atoms with Crippen molar-refractivity contribution in [2.45, 2.75) is 0 Å². The van der Waals surface area contributed by atoms with E-state index in [2.05, 4.69) is 20.3 Å². The first-order valence-corrected chi connectivity index (χ1v) is 9.15. The Morgan fingerprint density at radius 2 is 2.12 bits per heavy atom. The van der Waals surface area contributed by atoms with Gasteiger partial charge in [-0.1, -0.05) is 6.07 Å². The molecule has 2 N–H and O–H groups in total. The van der Waals surface area contributed by atoms with Gasteiger partial charge in [0.2, 0.25) is 5.95 Å². The molecule has 0 fully saturated rings. The van der Waals surface area contributed by atoms with E-state index in [0.29, 0.717) is 19.1 Å². The zero-order valence-corrected chi connectivity index (χ0v) is 15.3. The van der Waals surface area contributed by atoms with E-state index in [0.717, 1.165) is 28.7 Å². The van der Waals surface area contributed by atoms with Crippen molar-refractivity contribution in [2.24, 2.45) is 0 Å². The third-order valence-corrected chi connectivity index (χ3v) is 4.42. The first-order valence-electron chi connectivity index (χ1n) is 8.27. The summed E-state index contributed by atoms with van der Waals surface area (Å²) in [4.78, 5) is 15.0. The first-order chi connectivity index (χ1) is 12.7. The van der Waals surface area contributed by atoms with Crippen molar-refractivity contribution in [3.05, 3.63) is 48.1 Å². The average Bonchev–Trinajstić information content (AvgIpc) is 3.17. The second-order valence-corrected chi connectivity index (χ2v) is 6.53. The molecule has 2 aromatic heterocycles. The van der Waals surface area contributed by atoms with Crippen molar-refractivity contribution in [3.8, 4) is 16.5 Å². The maximum atomic E-state index is 8.90. The quantitative estimate of drug-likeness (QED) is 0.598. The highest BCUT2D eigenvalue weighted by molar-refractivity contribution is 7.13. The summed E-state index contributed by atoms with van der Waals surface area (Å²) in [6.45, 7) is 2.08. The number of benzene rings is 1. The molecule has 0 spiro atoms. The fraction of sp³-hybridized carbons (Fsp3) is 0.278. The standard InChI is InChI=1S/C18H21N5O2S/c1-23(8-10-24)9-11-25-15-4-2-3-14(13-15)21-18-20-6-5-16(22-18)17-19-7-12-26-17/h2-7,12-13,24H,8-11H2,1H3,(H,20,21,22). The summed E-state index contributed by atoms with van der Waals surface area (Å²) in [6.07, 6.45) is 3.47. The van der Waals surface area contributed by atoms with E-state index in [9.17, 15) is 0 Å². The fourth-order valence-corrected chi connectivity index (χ4v) is 2.89. The van der Waals surface area contributed by atoms with Crippen LogP contribution in [0, 0.1) is 0 Å². The van der Waals surface area contributed by atoms with Gasteiger partial charge in [-0.2, -0.15) is 0 Å². The smallest absolute Gasteiger partial charge is 0.227 e. The van der Waals surface area contributed by atoms with Crippen molar-refractivity contribution < 1.29 is 9.84 Å². The van der Waals surface area contributed by atoms with Gasteiger partial charge < -0.3 is 20.1 Å². The van der Waals surface area contributed by atoms with Crippen LogP contribution < -0.4 is 10.1 Å². The summed E-state index contributed by atoms with van der Waals surface area (Å²) in [5.74, 6) is 1.28. The number of aliphatic hydroxyl groups is 1. The van der Waals surface area contributed by atoms with Crippen molar-refractivity contribution >= 4 is 23.0 Å². The van der Waals surface area contributed by atoms with E-state index in [-0.39, 0.29) is 6.61 Å². The van der Waals surface area contributed by atoms with Crippen LogP contribution in [-0.2, 0) is 0 Å². The van der Waals surface area contributed by atoms with Crippen LogP contribution >= 0.6 is 11.3 Å². The molecule has 2 heterocycles. The monoisotopic (exact) mass is 371 g/mol. The Morgan fingerprint density at radius 1 is 1.19 bits per heavy atom. The lowest BCUT2D eigenvalue weighted by Gasteiger charge is -2.15. The Hall–Kier alpha value is -2.55. The molecule has 136 valence electrons. The predicted molar refractivity (Wildman–Crippen MR) is 103 cm³/mol. The molecule has 1 aromatic carbocycles. The van der Waals surface area contributed by atoms with E-state index in [1.807, 2.05) is 47.7 Å². The number of aromatic nitrogens is 3. The molecule has 7 nitrogen and oxygen atoms in total. The molecule has 0 saturated heterocycles. The van der Waals surface area contributed by atoms with Gasteiger partial charge in [-0.25, -0.2) is 15.0 Å². The van der Waals surface area contributed by atoms with Gasteiger partial charge in [0.15, 0.2) is 0 Å². The third kappa shape index (κ3) is 5.22. The Balaban J connectivity index is 1.61. The second-order valence-electron chi connectivity index (χ2n) is 5.63. The Bertz CT molecular complexity index is 813. The number of hydrogen-bond donors (Lipinski definition) is 2. The summed E-state index contributed by atoms with van der Waals surface area (Å²) in [7, 11) is 1.95. The molecule has 3 rings (SSSR count). The second kappa shape index (κ2) is 9.23. The van der Waals surface area contributed by atoms with Crippen molar-refractivity contribution in [1.29, 1.82) is 0 Å². The van der Waals surface area contributed by atoms with E-state index >= 15 is 0 Å². The lowest BCUT2D eigenvalue weighted by atomic mass is 10.3. The summed E-state index contributed by atoms with van der Waals surface area (Å²) in [5.41, 5.74) is 1.64. The molecule has 0 unspecified atom stereocenters. The van der Waals surface area contributed by atoms with Crippen molar-refractivity contribution in [1.82, 2.24) is 19.9 Å². The number of thiazole rings is 1. The fourth-order valence-electron chi connectivity index (χ4n) is 2.28. The number of aliphatic hydroxyl groups excluding tert-OH is 1. The normalized spacial score (nSPS) is 10.9. The van der Waals surface area contributed by atoms with Crippen molar-refractivity contribution in [2.75, 3.05) is 38.7 Å². The van der Waals surface area contributed by atoms with Crippen LogP contribution in [0.2, 0.25) is 0 Å². The van der Waals surface area contributed by atoms with Gasteiger partial charge in [0.05, 0.1) is 6.61 Å². The molecular weight excluding hydrogens is 350 g/mol. The molecule has 8 heteroatoms. The SMILES string of the molecule is CN(CCO)CCOc1cccc(Nc2nccc(-c3nccs3)n2)c1. The highest BCUT2D eigenvalue weighted by Crippen LogP contribution is 2.23. The predicted octanol–water partition coefficient (Wildman–Crippen LogP) is 2.65. The highest BCUT2D eigenvalue weighted by atomic mass is 32.1. The van der Waals surface area contributed by atoms with Crippen LogP contribution in [0.1, 0.15) is 0 Å². The van der Waals surface area contributed by atoms with Crippen LogP contribution in [0.4, 0.5) is 11.6 Å². The molecule has 0 atom stereocenters. The number of hydrogen-bond acceptors (Lipinski definition) is 8. The molecule has 0 aliphatic heterocycles. The third-order valence-electron chi connectivity index (χ3n) is 3.62. The summed E-state index contributed by atoms with van der Waals surface area (Å²) in [5, 5.41) is 14.9. The van der Waals surface area contributed by atoms with Gasteiger partial charge in [-0.3, -0.25) is 0 Å². The lowest BCUT2D eigenvalue weighted by Crippen LogP contribution is -2.27. The molecule has 0 bridgehead atoms. The molecule has 0 aliphatic carbocycles. The molecule has 0 aliphatic rings. The summed E-state index contributed by atoms with van der Waals surface area (Å²) < 4.78 is 5.77. The van der Waals surface area contributed by atoms with Crippen LogP contribution in [0.5, 0.6) is 5.75 Å². The molecule has 0 saturated carbocycles. The Labute approximate surface area is 156 Å². The molecule has 26 heavy (non-hydrogen) atoms. The van der Waals surface area contributed by atoms with Gasteiger partial charge in [0, 0.05) is 42.6 Å². The zero-order valence-electron chi connectivity index (χ0n) is 14.5. The van der Waals surface area contributed by atoms with E-state index < -0.39 is 0 Å². The zero-order chi connectivity index (χ0) is 18.2. The summed E-state index contributed by atoms with van der Waals surface area (Å²) >= 11 is 1.54. The number of anilines is 2. The van der Waals surface area contributed by atoms with Gasteiger partial charge in [0.25, 0.3) is 0 Å². The van der Waals surface area contributed by atoms with Gasteiger partial charge in [-0.15, -0.1) is 11.3 Å².